The molecule has 9 heteroatoms. The Morgan fingerprint density at radius 2 is 1.70 bits per heavy atom. The van der Waals surface area contributed by atoms with Gasteiger partial charge in [0.15, 0.2) is 0 Å². The Morgan fingerprint density at radius 1 is 0.980 bits per heavy atom. The number of hydrogen-bond acceptors (Lipinski definition) is 7. The first-order chi connectivity index (χ1) is 24.3. The molecule has 0 aromatic heterocycles. The highest BCUT2D eigenvalue weighted by molar-refractivity contribution is 5.75. The summed E-state index contributed by atoms with van der Waals surface area (Å²) in [4.78, 5) is 10.8. The van der Waals surface area contributed by atoms with E-state index in [9.17, 15) is 20.1 Å². The van der Waals surface area contributed by atoms with Gasteiger partial charge in [-0.1, -0.05) is 68.3 Å². The Labute approximate surface area is 297 Å². The zero-order valence-corrected chi connectivity index (χ0v) is 29.5. The normalized spacial score (nSPS) is 24.4. The van der Waals surface area contributed by atoms with Crippen molar-refractivity contribution in [3.8, 4) is 11.5 Å². The van der Waals surface area contributed by atoms with Crippen LogP contribution in [0.25, 0.3) is 0 Å². The van der Waals surface area contributed by atoms with Gasteiger partial charge in [-0.2, -0.15) is 0 Å². The number of carbonyl (C=O) groups is 1. The number of aliphatic hydroxyl groups excluding tert-OH is 1. The van der Waals surface area contributed by atoms with Crippen LogP contribution in [0.3, 0.4) is 0 Å². The van der Waals surface area contributed by atoms with Gasteiger partial charge in [0, 0.05) is 37.8 Å². The summed E-state index contributed by atoms with van der Waals surface area (Å²) in [5.74, 6) is 1.66. The zero-order valence-electron chi connectivity index (χ0n) is 29.5. The Kier molecular flexibility index (Phi) is 12.1. The molecule has 1 amide bonds. The maximum atomic E-state index is 12.0. The minimum Gasteiger partial charge on any atom is -0.506 e. The van der Waals surface area contributed by atoms with Crippen LogP contribution in [-0.4, -0.2) is 78.3 Å². The van der Waals surface area contributed by atoms with Crippen LogP contribution in [-0.2, 0) is 15.1 Å². The van der Waals surface area contributed by atoms with Crippen LogP contribution >= 0.6 is 0 Å². The van der Waals surface area contributed by atoms with E-state index in [0.717, 1.165) is 60.1 Å². The molecule has 4 aliphatic rings. The summed E-state index contributed by atoms with van der Waals surface area (Å²) in [6.45, 7) is 7.99. The molecule has 50 heavy (non-hydrogen) atoms. The zero-order chi connectivity index (χ0) is 35.0. The summed E-state index contributed by atoms with van der Waals surface area (Å²) in [6.07, 6.45) is 8.62. The highest BCUT2D eigenvalue weighted by atomic mass is 16.5. The molecule has 0 radical (unpaired) electrons. The molecule has 2 bridgehead atoms. The predicted octanol–water partition coefficient (Wildman–Crippen LogP) is 6.21. The van der Waals surface area contributed by atoms with Crippen LogP contribution in [0.4, 0.5) is 5.69 Å². The van der Waals surface area contributed by atoms with E-state index in [1.165, 1.54) is 44.8 Å². The molecule has 3 saturated heterocycles. The molecule has 4 atom stereocenters. The van der Waals surface area contributed by atoms with Crippen molar-refractivity contribution >= 4 is 12.1 Å². The van der Waals surface area contributed by atoms with Crippen molar-refractivity contribution in [3.05, 3.63) is 89.5 Å². The van der Waals surface area contributed by atoms with Crippen molar-refractivity contribution in [1.82, 2.24) is 5.32 Å². The van der Waals surface area contributed by atoms with Crippen molar-refractivity contribution in [1.29, 1.82) is 0 Å². The first kappa shape index (κ1) is 36.3. The van der Waals surface area contributed by atoms with Crippen molar-refractivity contribution in [3.63, 3.8) is 0 Å². The molecule has 3 heterocycles. The molecule has 1 saturated carbocycles. The maximum Gasteiger partial charge on any atom is 0.211 e. The number of piperidine rings is 3. The fourth-order valence-electron chi connectivity index (χ4n) is 8.72. The lowest BCUT2D eigenvalue weighted by Gasteiger charge is -2.53. The fourth-order valence-corrected chi connectivity index (χ4v) is 8.72. The highest BCUT2D eigenvalue weighted by Crippen LogP contribution is 2.43. The van der Waals surface area contributed by atoms with Gasteiger partial charge < -0.3 is 39.9 Å². The number of amides is 1. The first-order valence-corrected chi connectivity index (χ1v) is 18.7. The average molecular weight is 687 g/mol. The second kappa shape index (κ2) is 16.7. The van der Waals surface area contributed by atoms with Crippen LogP contribution in [0, 0.1) is 11.8 Å². The summed E-state index contributed by atoms with van der Waals surface area (Å²) in [5, 5.41) is 38.6. The molecular weight excluding hydrogens is 630 g/mol. The molecule has 5 N–H and O–H groups in total. The number of aromatic hydroxyl groups is 1. The van der Waals surface area contributed by atoms with Crippen molar-refractivity contribution in [2.24, 2.45) is 11.8 Å². The van der Waals surface area contributed by atoms with E-state index in [1.54, 1.807) is 12.1 Å². The Bertz CT molecular complexity index is 1510. The van der Waals surface area contributed by atoms with Gasteiger partial charge in [0.25, 0.3) is 0 Å². The van der Waals surface area contributed by atoms with E-state index in [-0.39, 0.29) is 29.5 Å². The Balaban J connectivity index is 0.963. The first-order valence-electron chi connectivity index (χ1n) is 18.7. The number of phenolic OH excluding ortho intramolecular Hbond substituents is 1. The van der Waals surface area contributed by atoms with E-state index in [4.69, 9.17) is 9.47 Å². The lowest BCUT2D eigenvalue weighted by Crippen LogP contribution is -2.65. The number of nitrogens with one attached hydrogen (secondary N) is 2. The third-order valence-corrected chi connectivity index (χ3v) is 11.8. The monoisotopic (exact) mass is 686 g/mol. The van der Waals surface area contributed by atoms with Crippen LogP contribution in [0.5, 0.6) is 11.5 Å². The van der Waals surface area contributed by atoms with Crippen LogP contribution < -0.4 is 15.4 Å². The second-order valence-corrected chi connectivity index (χ2v) is 14.8. The molecule has 270 valence electrons. The largest absolute Gasteiger partial charge is 0.506 e. The van der Waals surface area contributed by atoms with E-state index < -0.39 is 11.7 Å². The molecular formula is C41H56N3O6+. The number of hydrogen-bond donors (Lipinski definition) is 5. The van der Waals surface area contributed by atoms with Gasteiger partial charge in [-0.05, 0) is 66.1 Å². The van der Waals surface area contributed by atoms with Crippen LogP contribution in [0.2, 0.25) is 0 Å². The number of phenols is 1. The SMILES string of the molecule is CCC(NC[C@H](O)c1ccc(O)c(NC=O)c1)c1ccc(OCCC[N+]23CCC(CC2)[C@@H](OCC(O)(c2ccccc2)C2CCCC2)C3)cc1. The van der Waals surface area contributed by atoms with Gasteiger partial charge in [-0.3, -0.25) is 4.79 Å². The molecule has 4 fully saturated rings. The van der Waals surface area contributed by atoms with Crippen molar-refractivity contribution in [2.75, 3.05) is 51.3 Å². The number of anilines is 1. The third kappa shape index (κ3) is 8.52. The molecule has 3 aromatic rings. The summed E-state index contributed by atoms with van der Waals surface area (Å²) in [5.41, 5.74) is 2.08. The van der Waals surface area contributed by atoms with Gasteiger partial charge in [0.2, 0.25) is 6.41 Å². The number of ether oxygens (including phenoxy) is 2. The van der Waals surface area contributed by atoms with E-state index in [1.807, 2.05) is 30.3 Å². The number of nitrogens with zero attached hydrogens (tertiary/aromatic N) is 1. The number of benzene rings is 3. The van der Waals surface area contributed by atoms with Crippen molar-refractivity contribution < 1.29 is 34.1 Å². The lowest BCUT2D eigenvalue weighted by atomic mass is 9.80. The number of aliphatic hydroxyl groups is 2. The van der Waals surface area contributed by atoms with Gasteiger partial charge in [0.05, 0.1) is 44.6 Å². The Hall–Kier alpha value is -3.47. The standard InChI is InChI=1S/C41H55N3O6/c1-2-36(42-26-39(47)32-15-18-38(46)37(25-32)43-29-45)30-13-16-35(17-14-30)49-24-8-21-44-22-19-31(20-23-44)40(27-44)50-28-41(48,34-11-6-7-12-34)33-9-4-3-5-10-33/h3-5,9-10,13-18,25,29,31,34,36,39-40,42,47-48H,2,6-8,11-12,19-24,26-28H2,1H3,(H-,43,45,46)/p+1/t31?,36?,39-,40-,41?,44?/m0/s1. The van der Waals surface area contributed by atoms with E-state index in [2.05, 4.69) is 41.8 Å². The number of fused-ring (bicyclic) bond motifs is 3. The van der Waals surface area contributed by atoms with Gasteiger partial charge in [-0.25, -0.2) is 0 Å². The molecule has 3 aliphatic heterocycles. The van der Waals surface area contributed by atoms with Crippen molar-refractivity contribution in [2.45, 2.75) is 82.1 Å². The summed E-state index contributed by atoms with van der Waals surface area (Å²) < 4.78 is 14.0. The fraction of sp³-hybridized carbons (Fsp3) is 0.537. The van der Waals surface area contributed by atoms with E-state index >= 15 is 0 Å². The Morgan fingerprint density at radius 3 is 2.40 bits per heavy atom. The number of quaternary nitrogens is 1. The quantitative estimate of drug-likeness (QED) is 0.0468. The topological polar surface area (TPSA) is 120 Å². The molecule has 0 spiro atoms. The minimum absolute atomic E-state index is 0.0448. The highest BCUT2D eigenvalue weighted by Gasteiger charge is 2.48. The van der Waals surface area contributed by atoms with Crippen LogP contribution in [0.1, 0.15) is 87.1 Å². The van der Waals surface area contributed by atoms with Gasteiger partial charge >= 0.3 is 0 Å². The molecule has 9 nitrogen and oxygen atoms in total. The summed E-state index contributed by atoms with van der Waals surface area (Å²) in [6, 6.07) is 23.2. The summed E-state index contributed by atoms with van der Waals surface area (Å²) in [7, 11) is 0. The maximum absolute atomic E-state index is 12.0. The molecule has 7 rings (SSSR count). The number of carbonyl (C=O) groups excluding carboxylic acids is 1. The smallest absolute Gasteiger partial charge is 0.211 e. The minimum atomic E-state index is -0.916. The average Bonchev–Trinajstić information content (AvgIpc) is 3.71. The number of rotatable bonds is 18. The predicted molar refractivity (Wildman–Crippen MR) is 195 cm³/mol. The van der Waals surface area contributed by atoms with Gasteiger partial charge in [-0.15, -0.1) is 0 Å². The molecule has 1 aliphatic carbocycles. The third-order valence-electron chi connectivity index (χ3n) is 11.8. The second-order valence-electron chi connectivity index (χ2n) is 14.8. The summed E-state index contributed by atoms with van der Waals surface area (Å²) >= 11 is 0. The molecule has 3 aromatic carbocycles. The van der Waals surface area contributed by atoms with Gasteiger partial charge in [0.1, 0.15) is 29.7 Å². The lowest BCUT2D eigenvalue weighted by molar-refractivity contribution is -0.946. The van der Waals surface area contributed by atoms with Crippen LogP contribution in [0.15, 0.2) is 72.8 Å². The molecule has 2 unspecified atom stereocenters. The van der Waals surface area contributed by atoms with E-state index in [0.29, 0.717) is 37.6 Å².